The van der Waals surface area contributed by atoms with Gasteiger partial charge in [0.15, 0.2) is 0 Å². The van der Waals surface area contributed by atoms with Crippen LogP contribution in [0.25, 0.3) is 0 Å². The van der Waals surface area contributed by atoms with Gasteiger partial charge in [-0.25, -0.2) is 4.39 Å². The third-order valence-electron chi connectivity index (χ3n) is 2.62. The molecule has 0 aliphatic heterocycles. The smallest absolute Gasteiger partial charge is 0.127 e. The van der Waals surface area contributed by atoms with E-state index >= 15 is 0 Å². The van der Waals surface area contributed by atoms with E-state index in [2.05, 4.69) is 10.4 Å². The minimum absolute atomic E-state index is 0.0425. The lowest BCUT2D eigenvalue weighted by Crippen LogP contribution is -2.16. The van der Waals surface area contributed by atoms with E-state index in [-0.39, 0.29) is 5.75 Å². The van der Waals surface area contributed by atoms with Crippen LogP contribution in [0.4, 0.5) is 4.39 Å². The summed E-state index contributed by atoms with van der Waals surface area (Å²) < 4.78 is 14.8. The highest BCUT2D eigenvalue weighted by Gasteiger charge is 2.00. The molecule has 0 aliphatic rings. The summed E-state index contributed by atoms with van der Waals surface area (Å²) in [5.74, 6) is -0.460. The lowest BCUT2D eigenvalue weighted by molar-refractivity contribution is 0.467. The zero-order valence-corrected chi connectivity index (χ0v) is 10.2. The fourth-order valence-corrected chi connectivity index (χ4v) is 1.80. The maximum absolute atomic E-state index is 13.0. The highest BCUT2D eigenvalue weighted by atomic mass is 19.1. The third-order valence-corrected chi connectivity index (χ3v) is 2.62. The van der Waals surface area contributed by atoms with Crippen LogP contribution in [0.5, 0.6) is 5.75 Å². The molecule has 18 heavy (non-hydrogen) atoms. The number of nitrogens with one attached hydrogen (secondary N) is 1. The van der Waals surface area contributed by atoms with Crippen LogP contribution in [-0.2, 0) is 20.0 Å². The Morgan fingerprint density at radius 2 is 2.17 bits per heavy atom. The van der Waals surface area contributed by atoms with Crippen molar-refractivity contribution in [3.63, 3.8) is 0 Å². The molecule has 0 fully saturated rings. The van der Waals surface area contributed by atoms with Gasteiger partial charge in [-0.05, 0) is 36.2 Å². The summed E-state index contributed by atoms with van der Waals surface area (Å²) in [6.07, 6.45) is 4.67. The summed E-state index contributed by atoms with van der Waals surface area (Å²) in [5, 5.41) is 16.5. The zero-order chi connectivity index (χ0) is 13.0. The van der Waals surface area contributed by atoms with E-state index in [0.717, 1.165) is 30.2 Å². The van der Waals surface area contributed by atoms with Gasteiger partial charge in [-0.1, -0.05) is 0 Å². The Bertz CT molecular complexity index is 504. The normalized spacial score (nSPS) is 10.8. The topological polar surface area (TPSA) is 50.1 Å². The van der Waals surface area contributed by atoms with Crippen LogP contribution >= 0.6 is 0 Å². The molecule has 2 rings (SSSR count). The molecule has 1 aromatic carbocycles. The Morgan fingerprint density at radius 1 is 1.33 bits per heavy atom. The van der Waals surface area contributed by atoms with Gasteiger partial charge < -0.3 is 10.4 Å². The molecule has 0 unspecified atom stereocenters. The Labute approximate surface area is 105 Å². The molecule has 0 amide bonds. The van der Waals surface area contributed by atoms with Gasteiger partial charge in [0.1, 0.15) is 11.6 Å². The van der Waals surface area contributed by atoms with Gasteiger partial charge in [-0.3, -0.25) is 4.68 Å². The third kappa shape index (κ3) is 3.56. The molecule has 0 radical (unpaired) electrons. The standard InChI is InChI=1S/C13H16FN3O/c1-17-9-10(8-16-17)2-3-15-7-11-4-12(14)6-13(18)5-11/h4-6,8-9,15,18H,2-3,7H2,1H3. The SMILES string of the molecule is Cn1cc(CCNCc2cc(O)cc(F)c2)cn1. The average Bonchev–Trinajstić information content (AvgIpc) is 2.69. The number of nitrogens with zero attached hydrogens (tertiary/aromatic N) is 2. The van der Waals surface area contributed by atoms with Crippen molar-refractivity contribution in [3.05, 3.63) is 47.5 Å². The summed E-state index contributed by atoms with van der Waals surface area (Å²) in [7, 11) is 1.88. The molecule has 1 heterocycles. The summed E-state index contributed by atoms with van der Waals surface area (Å²) in [4.78, 5) is 0. The molecule has 0 spiro atoms. The number of aromatic hydroxyl groups is 1. The van der Waals surface area contributed by atoms with Crippen molar-refractivity contribution in [3.8, 4) is 5.75 Å². The number of hydrogen-bond donors (Lipinski definition) is 2. The van der Waals surface area contributed by atoms with E-state index in [1.807, 2.05) is 19.4 Å². The molecule has 4 nitrogen and oxygen atoms in total. The molecule has 0 saturated heterocycles. The molecule has 0 bridgehead atoms. The second kappa shape index (κ2) is 5.64. The van der Waals surface area contributed by atoms with Gasteiger partial charge in [0, 0.05) is 25.9 Å². The fraction of sp³-hybridized carbons (Fsp3) is 0.308. The van der Waals surface area contributed by atoms with Gasteiger partial charge in [0.25, 0.3) is 0 Å². The lowest BCUT2D eigenvalue weighted by atomic mass is 10.2. The first-order valence-corrected chi connectivity index (χ1v) is 5.80. The van der Waals surface area contributed by atoms with Crippen molar-refractivity contribution >= 4 is 0 Å². The van der Waals surface area contributed by atoms with Crippen LogP contribution in [0.2, 0.25) is 0 Å². The Hall–Kier alpha value is -1.88. The van der Waals surface area contributed by atoms with Crippen LogP contribution in [-0.4, -0.2) is 21.4 Å². The molecule has 1 aromatic heterocycles. The summed E-state index contributed by atoms with van der Waals surface area (Å²) in [5.41, 5.74) is 1.89. The zero-order valence-electron chi connectivity index (χ0n) is 10.2. The van der Waals surface area contributed by atoms with Gasteiger partial charge in [-0.15, -0.1) is 0 Å². The van der Waals surface area contributed by atoms with Crippen molar-refractivity contribution in [2.24, 2.45) is 7.05 Å². The number of halogens is 1. The van der Waals surface area contributed by atoms with Crippen LogP contribution in [0.3, 0.4) is 0 Å². The lowest BCUT2D eigenvalue weighted by Gasteiger charge is -2.05. The number of phenols is 1. The molecular formula is C13H16FN3O. The molecule has 0 atom stereocenters. The number of benzene rings is 1. The van der Waals surface area contributed by atoms with Gasteiger partial charge >= 0.3 is 0 Å². The molecule has 0 saturated carbocycles. The Kier molecular flexibility index (Phi) is 3.94. The van der Waals surface area contributed by atoms with Crippen molar-refractivity contribution in [2.75, 3.05) is 6.54 Å². The minimum Gasteiger partial charge on any atom is -0.508 e. The Balaban J connectivity index is 1.78. The molecule has 2 N–H and O–H groups in total. The molecule has 2 aromatic rings. The maximum Gasteiger partial charge on any atom is 0.127 e. The average molecular weight is 249 g/mol. The first-order valence-electron chi connectivity index (χ1n) is 5.80. The summed E-state index contributed by atoms with van der Waals surface area (Å²) in [6, 6.07) is 4.07. The monoisotopic (exact) mass is 249 g/mol. The first kappa shape index (κ1) is 12.6. The fourth-order valence-electron chi connectivity index (χ4n) is 1.80. The van der Waals surface area contributed by atoms with Crippen molar-refractivity contribution in [1.29, 1.82) is 0 Å². The van der Waals surface area contributed by atoms with E-state index in [4.69, 9.17) is 0 Å². The van der Waals surface area contributed by atoms with Crippen molar-refractivity contribution < 1.29 is 9.50 Å². The molecule has 96 valence electrons. The van der Waals surface area contributed by atoms with Crippen LogP contribution < -0.4 is 5.32 Å². The molecule has 5 heteroatoms. The van der Waals surface area contributed by atoms with E-state index in [0.29, 0.717) is 6.54 Å². The molecular weight excluding hydrogens is 233 g/mol. The summed E-state index contributed by atoms with van der Waals surface area (Å²) >= 11 is 0. The predicted molar refractivity (Wildman–Crippen MR) is 66.7 cm³/mol. The van der Waals surface area contributed by atoms with Crippen LogP contribution in [0.1, 0.15) is 11.1 Å². The minimum atomic E-state index is -0.418. The second-order valence-corrected chi connectivity index (χ2v) is 4.27. The maximum atomic E-state index is 13.0. The Morgan fingerprint density at radius 3 is 2.83 bits per heavy atom. The highest BCUT2D eigenvalue weighted by Crippen LogP contribution is 2.14. The van der Waals surface area contributed by atoms with Crippen molar-refractivity contribution in [1.82, 2.24) is 15.1 Å². The predicted octanol–water partition coefficient (Wildman–Crippen LogP) is 1.60. The number of rotatable bonds is 5. The van der Waals surface area contributed by atoms with E-state index in [1.165, 1.54) is 6.07 Å². The van der Waals surface area contributed by atoms with Crippen LogP contribution in [0, 0.1) is 5.82 Å². The van der Waals surface area contributed by atoms with E-state index in [1.54, 1.807) is 10.7 Å². The molecule has 0 aliphatic carbocycles. The van der Waals surface area contributed by atoms with Gasteiger partial charge in [0.05, 0.1) is 6.20 Å². The largest absolute Gasteiger partial charge is 0.508 e. The number of hydrogen-bond acceptors (Lipinski definition) is 3. The van der Waals surface area contributed by atoms with Crippen molar-refractivity contribution in [2.45, 2.75) is 13.0 Å². The number of aromatic nitrogens is 2. The van der Waals surface area contributed by atoms with E-state index in [9.17, 15) is 9.50 Å². The summed E-state index contributed by atoms with van der Waals surface area (Å²) in [6.45, 7) is 1.31. The second-order valence-electron chi connectivity index (χ2n) is 4.27. The van der Waals surface area contributed by atoms with Gasteiger partial charge in [-0.2, -0.15) is 5.10 Å². The highest BCUT2D eigenvalue weighted by molar-refractivity contribution is 5.28. The van der Waals surface area contributed by atoms with E-state index < -0.39 is 5.82 Å². The number of aryl methyl sites for hydroxylation is 1. The van der Waals surface area contributed by atoms with Gasteiger partial charge in [0.2, 0.25) is 0 Å². The van der Waals surface area contributed by atoms with Crippen LogP contribution in [0.15, 0.2) is 30.6 Å². The first-order chi connectivity index (χ1) is 8.63. The number of phenolic OH excluding ortho intramolecular Hbond substituents is 1. The quantitative estimate of drug-likeness (QED) is 0.791.